The predicted molar refractivity (Wildman–Crippen MR) is 91.0 cm³/mol. The second kappa shape index (κ2) is 7.35. The maximum absolute atomic E-state index is 12.1. The monoisotopic (exact) mass is 316 g/mol. The summed E-state index contributed by atoms with van der Waals surface area (Å²) in [5.74, 6) is 1.67. The van der Waals surface area contributed by atoms with Gasteiger partial charge < -0.3 is 20.3 Å². The molecule has 0 aromatic heterocycles. The van der Waals surface area contributed by atoms with Crippen molar-refractivity contribution in [1.82, 2.24) is 10.6 Å². The molecule has 1 aromatic carbocycles. The van der Waals surface area contributed by atoms with Gasteiger partial charge in [0.1, 0.15) is 5.75 Å². The number of carbonyl (C=O) groups excluding carboxylic acids is 1. The van der Waals surface area contributed by atoms with Crippen molar-refractivity contribution in [3.05, 3.63) is 24.3 Å². The van der Waals surface area contributed by atoms with E-state index < -0.39 is 0 Å². The summed E-state index contributed by atoms with van der Waals surface area (Å²) in [6, 6.07) is 8.25. The molecular weight excluding hydrogens is 292 g/mol. The second-order valence-corrected chi connectivity index (χ2v) is 5.83. The zero-order valence-electron chi connectivity index (χ0n) is 13.5. The summed E-state index contributed by atoms with van der Waals surface area (Å²) < 4.78 is 5.45. The number of aliphatic imine (C=N–C) groups is 1. The SMILES string of the molecule is CCNC(=NCCCN1C(=O)COc2ccccc21)NC1CC1. The third-order valence-corrected chi connectivity index (χ3v) is 3.88. The molecule has 2 N–H and O–H groups in total. The first-order valence-corrected chi connectivity index (χ1v) is 8.35. The summed E-state index contributed by atoms with van der Waals surface area (Å²) >= 11 is 0. The molecule has 1 fully saturated rings. The molecule has 0 unspecified atom stereocenters. The first-order valence-electron chi connectivity index (χ1n) is 8.35. The fraction of sp³-hybridized carbons (Fsp3) is 0.529. The van der Waals surface area contributed by atoms with Gasteiger partial charge >= 0.3 is 0 Å². The molecular formula is C17H24N4O2. The van der Waals surface area contributed by atoms with Crippen molar-refractivity contribution in [2.45, 2.75) is 32.2 Å². The summed E-state index contributed by atoms with van der Waals surface area (Å²) in [7, 11) is 0. The number of benzene rings is 1. The van der Waals surface area contributed by atoms with E-state index in [9.17, 15) is 4.79 Å². The quantitative estimate of drug-likeness (QED) is 0.474. The summed E-state index contributed by atoms with van der Waals surface area (Å²) in [4.78, 5) is 18.5. The van der Waals surface area contributed by atoms with Crippen LogP contribution in [-0.4, -0.2) is 44.1 Å². The number of nitrogens with zero attached hydrogens (tertiary/aromatic N) is 2. The van der Waals surface area contributed by atoms with Gasteiger partial charge in [-0.2, -0.15) is 0 Å². The van der Waals surface area contributed by atoms with Crippen LogP contribution in [0.3, 0.4) is 0 Å². The molecule has 1 aliphatic carbocycles. The molecule has 1 heterocycles. The molecule has 124 valence electrons. The van der Waals surface area contributed by atoms with E-state index in [1.165, 1.54) is 12.8 Å². The number of hydrogen-bond donors (Lipinski definition) is 2. The Morgan fingerprint density at radius 1 is 1.39 bits per heavy atom. The summed E-state index contributed by atoms with van der Waals surface area (Å²) in [5, 5.41) is 6.65. The van der Waals surface area contributed by atoms with Gasteiger partial charge in [0, 0.05) is 25.7 Å². The molecule has 0 spiro atoms. The van der Waals surface area contributed by atoms with Crippen LogP contribution in [0.2, 0.25) is 0 Å². The first kappa shape index (κ1) is 15.6. The van der Waals surface area contributed by atoms with Gasteiger partial charge in [-0.15, -0.1) is 0 Å². The van der Waals surface area contributed by atoms with Gasteiger partial charge in [-0.25, -0.2) is 0 Å². The number of fused-ring (bicyclic) bond motifs is 1. The van der Waals surface area contributed by atoms with Crippen molar-refractivity contribution >= 4 is 17.6 Å². The van der Waals surface area contributed by atoms with Crippen molar-refractivity contribution in [3.63, 3.8) is 0 Å². The smallest absolute Gasteiger partial charge is 0.265 e. The number of carbonyl (C=O) groups is 1. The van der Waals surface area contributed by atoms with Crippen LogP contribution < -0.4 is 20.3 Å². The van der Waals surface area contributed by atoms with E-state index >= 15 is 0 Å². The molecule has 1 saturated carbocycles. The Balaban J connectivity index is 1.54. The highest BCUT2D eigenvalue weighted by molar-refractivity contribution is 5.97. The zero-order valence-corrected chi connectivity index (χ0v) is 13.5. The van der Waals surface area contributed by atoms with Crippen molar-refractivity contribution in [2.24, 2.45) is 4.99 Å². The maximum atomic E-state index is 12.1. The summed E-state index contributed by atoms with van der Waals surface area (Å²) in [6.45, 7) is 4.38. The van der Waals surface area contributed by atoms with Gasteiger partial charge in [0.2, 0.25) is 0 Å². The molecule has 0 bridgehead atoms. The standard InChI is InChI=1S/C17H24N4O2/c1-2-18-17(20-13-8-9-13)19-10-5-11-21-14-6-3-4-7-15(14)23-12-16(21)22/h3-4,6-7,13H,2,5,8-12H2,1H3,(H2,18,19,20). The molecule has 3 rings (SSSR count). The number of anilines is 1. The molecule has 0 radical (unpaired) electrons. The molecule has 1 aliphatic heterocycles. The average molecular weight is 316 g/mol. The molecule has 0 atom stereocenters. The molecule has 6 heteroatoms. The normalized spacial score (nSPS) is 17.5. The lowest BCUT2D eigenvalue weighted by Crippen LogP contribution is -2.40. The lowest BCUT2D eigenvalue weighted by Gasteiger charge is -2.29. The molecule has 2 aliphatic rings. The third-order valence-electron chi connectivity index (χ3n) is 3.88. The summed E-state index contributed by atoms with van der Waals surface area (Å²) in [5.41, 5.74) is 0.857. The topological polar surface area (TPSA) is 66.0 Å². The van der Waals surface area contributed by atoms with Gasteiger partial charge in [-0.1, -0.05) is 12.1 Å². The van der Waals surface area contributed by atoms with Gasteiger partial charge in [0.25, 0.3) is 5.91 Å². The number of para-hydroxylation sites is 2. The van der Waals surface area contributed by atoms with Crippen LogP contribution in [0.4, 0.5) is 5.69 Å². The highest BCUT2D eigenvalue weighted by Gasteiger charge is 2.24. The molecule has 1 amide bonds. The fourth-order valence-corrected chi connectivity index (χ4v) is 2.56. The minimum atomic E-state index is 0.00990. The number of nitrogens with one attached hydrogen (secondary N) is 2. The van der Waals surface area contributed by atoms with Crippen molar-refractivity contribution in [2.75, 3.05) is 31.1 Å². The highest BCUT2D eigenvalue weighted by Crippen LogP contribution is 2.31. The van der Waals surface area contributed by atoms with Crippen LogP contribution in [0.1, 0.15) is 26.2 Å². The average Bonchev–Trinajstić information content (AvgIpc) is 3.37. The lowest BCUT2D eigenvalue weighted by molar-refractivity contribution is -0.121. The Labute approximate surface area is 136 Å². The largest absolute Gasteiger partial charge is 0.482 e. The van der Waals surface area contributed by atoms with Crippen LogP contribution in [0.25, 0.3) is 0 Å². The number of hydrogen-bond acceptors (Lipinski definition) is 3. The van der Waals surface area contributed by atoms with Gasteiger partial charge in [0.05, 0.1) is 5.69 Å². The van der Waals surface area contributed by atoms with Gasteiger partial charge in [-0.05, 0) is 38.3 Å². The lowest BCUT2D eigenvalue weighted by atomic mass is 10.2. The van der Waals surface area contributed by atoms with E-state index in [0.717, 1.165) is 30.4 Å². The third kappa shape index (κ3) is 4.15. The van der Waals surface area contributed by atoms with E-state index in [1.54, 1.807) is 4.90 Å². The van der Waals surface area contributed by atoms with Crippen LogP contribution in [0.15, 0.2) is 29.3 Å². The van der Waals surface area contributed by atoms with E-state index in [1.807, 2.05) is 24.3 Å². The molecule has 1 aromatic rings. The Bertz CT molecular complexity index is 584. The Hall–Kier alpha value is -2.24. The first-order chi connectivity index (χ1) is 11.3. The van der Waals surface area contributed by atoms with Crippen LogP contribution in [0.5, 0.6) is 5.75 Å². The van der Waals surface area contributed by atoms with Crippen LogP contribution in [-0.2, 0) is 4.79 Å². The van der Waals surface area contributed by atoms with E-state index in [0.29, 0.717) is 19.1 Å². The minimum absolute atomic E-state index is 0.00990. The number of amides is 1. The number of ether oxygens (including phenoxy) is 1. The van der Waals surface area contributed by atoms with Crippen LogP contribution in [0, 0.1) is 0 Å². The zero-order chi connectivity index (χ0) is 16.1. The van der Waals surface area contributed by atoms with Gasteiger partial charge in [0.15, 0.2) is 12.6 Å². The van der Waals surface area contributed by atoms with Crippen molar-refractivity contribution < 1.29 is 9.53 Å². The molecule has 6 nitrogen and oxygen atoms in total. The van der Waals surface area contributed by atoms with Crippen molar-refractivity contribution in [3.8, 4) is 5.75 Å². The Morgan fingerprint density at radius 3 is 3.00 bits per heavy atom. The van der Waals surface area contributed by atoms with Gasteiger partial charge in [-0.3, -0.25) is 9.79 Å². The van der Waals surface area contributed by atoms with Crippen molar-refractivity contribution in [1.29, 1.82) is 0 Å². The fourth-order valence-electron chi connectivity index (χ4n) is 2.56. The van der Waals surface area contributed by atoms with E-state index in [-0.39, 0.29) is 12.5 Å². The minimum Gasteiger partial charge on any atom is -0.482 e. The highest BCUT2D eigenvalue weighted by atomic mass is 16.5. The van der Waals surface area contributed by atoms with E-state index in [2.05, 4.69) is 22.5 Å². The predicted octanol–water partition coefficient (Wildman–Crippen LogP) is 1.52. The van der Waals surface area contributed by atoms with Crippen LogP contribution >= 0.6 is 0 Å². The maximum Gasteiger partial charge on any atom is 0.265 e. The molecule has 23 heavy (non-hydrogen) atoms. The molecule has 0 saturated heterocycles. The summed E-state index contributed by atoms with van der Waals surface area (Å²) in [6.07, 6.45) is 3.27. The van der Waals surface area contributed by atoms with E-state index in [4.69, 9.17) is 4.74 Å². The number of rotatable bonds is 6. The Kier molecular flexibility index (Phi) is 5.00. The number of guanidine groups is 1. The Morgan fingerprint density at radius 2 is 2.22 bits per heavy atom. The second-order valence-electron chi connectivity index (χ2n) is 5.83.